The summed E-state index contributed by atoms with van der Waals surface area (Å²) in [6.45, 7) is 13.2. The number of nitrogens with zero attached hydrogens (tertiary/aromatic N) is 4. The summed E-state index contributed by atoms with van der Waals surface area (Å²) in [5, 5.41) is 14.3. The highest BCUT2D eigenvalue weighted by atomic mass is 16.6. The molecule has 246 valence electrons. The van der Waals surface area contributed by atoms with Gasteiger partial charge in [-0.2, -0.15) is 0 Å². The van der Waals surface area contributed by atoms with Crippen LogP contribution in [0.2, 0.25) is 0 Å². The second-order valence-electron chi connectivity index (χ2n) is 13.7. The maximum atomic E-state index is 13.0. The number of rotatable bonds is 8. The van der Waals surface area contributed by atoms with Gasteiger partial charge in [-0.1, -0.05) is 0 Å². The Bertz CT molecular complexity index is 1520. The second kappa shape index (κ2) is 13.6. The fourth-order valence-corrected chi connectivity index (χ4v) is 5.43. The molecule has 5 rings (SSSR count). The summed E-state index contributed by atoms with van der Waals surface area (Å²) in [4.78, 5) is 42.2. The smallest absolute Gasteiger partial charge is 0.410 e. The monoisotopic (exact) mass is 632 g/mol. The van der Waals surface area contributed by atoms with E-state index in [1.807, 2.05) is 45.0 Å². The zero-order valence-electron chi connectivity index (χ0n) is 27.5. The molecule has 2 aromatic carbocycles. The largest absolute Gasteiger partial charge is 0.444 e. The van der Waals surface area contributed by atoms with Crippen LogP contribution in [0.4, 0.5) is 16.2 Å². The lowest BCUT2D eigenvalue weighted by molar-refractivity contribution is -0.125. The predicted molar refractivity (Wildman–Crippen MR) is 174 cm³/mol. The Morgan fingerprint density at radius 2 is 1.26 bits per heavy atom. The fraction of sp³-hybridized carbons (Fsp3) is 0.500. The fourth-order valence-electron chi connectivity index (χ4n) is 5.43. The molecule has 2 unspecified atom stereocenters. The van der Waals surface area contributed by atoms with Crippen molar-refractivity contribution in [3.63, 3.8) is 0 Å². The molecule has 46 heavy (non-hydrogen) atoms. The number of hydrogen-bond acceptors (Lipinski definition) is 9. The number of nitrogens with one attached hydrogen (secondary N) is 2. The molecule has 1 aromatic heterocycles. The molecule has 2 atom stereocenters. The standard InChI is InChI=1S/C34H44N6O6/c1-33(2,3)44-21-39-19-7-9-26(39)28(41)35-24-15-11-22(12-16-24)30-37-38-31(45-30)23-13-17-25(18-14-23)36-29(42)27-10-8-20-40(27)32(43)46-34(4,5)6/h11-18,26-27H,7-10,19-21H2,1-6H3,(H,35,41)(H,36,42). The highest BCUT2D eigenvalue weighted by Crippen LogP contribution is 2.28. The molecular weight excluding hydrogens is 588 g/mol. The van der Waals surface area contributed by atoms with Crippen molar-refractivity contribution in [3.05, 3.63) is 48.5 Å². The van der Waals surface area contributed by atoms with Crippen LogP contribution >= 0.6 is 0 Å². The van der Waals surface area contributed by atoms with Gasteiger partial charge in [-0.05, 0) is 116 Å². The topological polar surface area (TPSA) is 139 Å². The molecule has 2 aliphatic rings. The lowest BCUT2D eigenvalue weighted by atomic mass is 10.1. The molecule has 0 radical (unpaired) electrons. The molecule has 0 aliphatic carbocycles. The van der Waals surface area contributed by atoms with Gasteiger partial charge >= 0.3 is 6.09 Å². The summed E-state index contributed by atoms with van der Waals surface area (Å²) in [5.41, 5.74) is 1.78. The minimum atomic E-state index is -0.633. The number of carbonyl (C=O) groups is 3. The number of carbonyl (C=O) groups excluding carboxylic acids is 3. The number of anilines is 2. The van der Waals surface area contributed by atoms with Crippen LogP contribution in [0, 0.1) is 0 Å². The van der Waals surface area contributed by atoms with E-state index in [9.17, 15) is 14.4 Å². The van der Waals surface area contributed by atoms with E-state index in [0.29, 0.717) is 54.0 Å². The first-order valence-electron chi connectivity index (χ1n) is 15.8. The molecule has 2 N–H and O–H groups in total. The van der Waals surface area contributed by atoms with Crippen molar-refractivity contribution in [1.82, 2.24) is 20.0 Å². The van der Waals surface area contributed by atoms with Crippen LogP contribution in [0.3, 0.4) is 0 Å². The summed E-state index contributed by atoms with van der Waals surface area (Å²) < 4.78 is 17.3. The van der Waals surface area contributed by atoms with Gasteiger partial charge in [0.2, 0.25) is 23.6 Å². The van der Waals surface area contributed by atoms with Gasteiger partial charge in [0, 0.05) is 35.6 Å². The van der Waals surface area contributed by atoms with Gasteiger partial charge < -0.3 is 24.5 Å². The molecule has 3 heterocycles. The first-order valence-corrected chi connectivity index (χ1v) is 15.8. The highest BCUT2D eigenvalue weighted by Gasteiger charge is 2.37. The number of ether oxygens (including phenoxy) is 2. The van der Waals surface area contributed by atoms with Crippen LogP contribution in [-0.2, 0) is 19.1 Å². The van der Waals surface area contributed by atoms with E-state index in [1.54, 1.807) is 45.0 Å². The molecule has 0 bridgehead atoms. The molecule has 3 aromatic rings. The van der Waals surface area contributed by atoms with E-state index in [0.717, 1.165) is 25.8 Å². The average Bonchev–Trinajstić information content (AvgIpc) is 3.77. The van der Waals surface area contributed by atoms with E-state index in [1.165, 1.54) is 4.90 Å². The number of aromatic nitrogens is 2. The molecule has 0 saturated carbocycles. The zero-order valence-corrected chi connectivity index (χ0v) is 27.5. The predicted octanol–water partition coefficient (Wildman–Crippen LogP) is 5.92. The van der Waals surface area contributed by atoms with Crippen molar-refractivity contribution in [1.29, 1.82) is 0 Å². The minimum Gasteiger partial charge on any atom is -0.444 e. The van der Waals surface area contributed by atoms with Crippen molar-refractivity contribution < 1.29 is 28.3 Å². The Labute approximate surface area is 269 Å². The van der Waals surface area contributed by atoms with Gasteiger partial charge in [0.1, 0.15) is 18.4 Å². The van der Waals surface area contributed by atoms with Crippen LogP contribution in [-0.4, -0.2) is 81.0 Å². The van der Waals surface area contributed by atoms with Crippen molar-refractivity contribution in [2.75, 3.05) is 30.5 Å². The van der Waals surface area contributed by atoms with Crippen molar-refractivity contribution in [2.24, 2.45) is 0 Å². The Morgan fingerprint density at radius 1 is 0.761 bits per heavy atom. The quantitative estimate of drug-likeness (QED) is 0.310. The lowest BCUT2D eigenvalue weighted by Gasteiger charge is -2.28. The van der Waals surface area contributed by atoms with E-state index < -0.39 is 17.7 Å². The van der Waals surface area contributed by atoms with Crippen LogP contribution in [0.15, 0.2) is 52.9 Å². The van der Waals surface area contributed by atoms with Crippen molar-refractivity contribution in [3.8, 4) is 22.9 Å². The third kappa shape index (κ3) is 8.49. The Balaban J connectivity index is 1.16. The molecule has 2 aliphatic heterocycles. The Morgan fingerprint density at radius 3 is 1.78 bits per heavy atom. The summed E-state index contributed by atoms with van der Waals surface area (Å²) in [6, 6.07) is 13.5. The van der Waals surface area contributed by atoms with Gasteiger partial charge in [-0.15, -0.1) is 10.2 Å². The van der Waals surface area contributed by atoms with Crippen LogP contribution in [0.25, 0.3) is 22.9 Å². The number of benzene rings is 2. The molecule has 2 saturated heterocycles. The summed E-state index contributed by atoms with van der Waals surface area (Å²) in [7, 11) is 0. The molecule has 0 spiro atoms. The summed E-state index contributed by atoms with van der Waals surface area (Å²) in [5.74, 6) is 0.364. The third-order valence-corrected chi connectivity index (χ3v) is 7.74. The first kappa shape index (κ1) is 33.1. The molecule has 3 amide bonds. The normalized spacial score (nSPS) is 18.9. The number of likely N-dealkylation sites (tertiary alicyclic amines) is 2. The zero-order chi connectivity index (χ0) is 33.1. The second-order valence-corrected chi connectivity index (χ2v) is 13.7. The highest BCUT2D eigenvalue weighted by molar-refractivity contribution is 5.97. The number of hydrogen-bond donors (Lipinski definition) is 2. The average molecular weight is 633 g/mol. The first-order chi connectivity index (χ1) is 21.8. The van der Waals surface area contributed by atoms with E-state index >= 15 is 0 Å². The van der Waals surface area contributed by atoms with Crippen molar-refractivity contribution in [2.45, 2.75) is 90.5 Å². The van der Waals surface area contributed by atoms with Crippen molar-refractivity contribution >= 4 is 29.3 Å². The third-order valence-electron chi connectivity index (χ3n) is 7.74. The SMILES string of the molecule is CC(C)(C)OCN1CCCC1C(=O)Nc1ccc(-c2nnc(-c3ccc(NC(=O)C4CCCN4C(=O)OC(C)(C)C)cc3)o2)cc1. The lowest BCUT2D eigenvalue weighted by Crippen LogP contribution is -2.45. The van der Waals surface area contributed by atoms with E-state index in [-0.39, 0.29) is 23.5 Å². The van der Waals surface area contributed by atoms with Crippen LogP contribution in [0.1, 0.15) is 67.2 Å². The maximum Gasteiger partial charge on any atom is 0.410 e. The van der Waals surface area contributed by atoms with Crippen LogP contribution < -0.4 is 10.6 Å². The Hall–Kier alpha value is -4.29. The summed E-state index contributed by atoms with van der Waals surface area (Å²) >= 11 is 0. The maximum absolute atomic E-state index is 13.0. The van der Waals surface area contributed by atoms with Gasteiger partial charge in [0.05, 0.1) is 11.6 Å². The molecule has 12 heteroatoms. The molecule has 12 nitrogen and oxygen atoms in total. The van der Waals surface area contributed by atoms with Crippen LogP contribution in [0.5, 0.6) is 0 Å². The van der Waals surface area contributed by atoms with Gasteiger partial charge in [-0.3, -0.25) is 19.4 Å². The number of amides is 3. The van der Waals surface area contributed by atoms with E-state index in [4.69, 9.17) is 13.9 Å². The Kier molecular flexibility index (Phi) is 9.78. The summed E-state index contributed by atoms with van der Waals surface area (Å²) in [6.07, 6.45) is 2.58. The van der Waals surface area contributed by atoms with Gasteiger partial charge in [0.15, 0.2) is 0 Å². The van der Waals surface area contributed by atoms with Gasteiger partial charge in [-0.25, -0.2) is 4.79 Å². The molecular formula is C34H44N6O6. The van der Waals surface area contributed by atoms with E-state index in [2.05, 4.69) is 25.7 Å². The molecule has 2 fully saturated rings. The van der Waals surface area contributed by atoms with Gasteiger partial charge in [0.25, 0.3) is 0 Å². The minimum absolute atomic E-state index is 0.0499.